The Balaban J connectivity index is 2.19. The van der Waals surface area contributed by atoms with Crippen molar-refractivity contribution in [3.63, 3.8) is 0 Å². The third kappa shape index (κ3) is 0.664. The topological polar surface area (TPSA) is 43.4 Å². The van der Waals surface area contributed by atoms with Gasteiger partial charge < -0.3 is 4.74 Å². The normalized spacial score (nSPS) is 38.0. The number of cyclic esters (lactones) is 1. The molecule has 10 heavy (non-hydrogen) atoms. The van der Waals surface area contributed by atoms with Crippen LogP contribution in [0.2, 0.25) is 0 Å². The minimum absolute atomic E-state index is 0.0903. The van der Waals surface area contributed by atoms with Crippen LogP contribution >= 0.6 is 0 Å². The second kappa shape index (κ2) is 1.81. The molecule has 2 rings (SSSR count). The quantitative estimate of drug-likeness (QED) is 0.449. The van der Waals surface area contributed by atoms with E-state index < -0.39 is 0 Å². The molecule has 0 aromatic carbocycles. The largest absolute Gasteiger partial charge is 0.465 e. The Morgan fingerprint density at radius 2 is 2.10 bits per heavy atom. The van der Waals surface area contributed by atoms with Gasteiger partial charge in [0.15, 0.2) is 0 Å². The van der Waals surface area contributed by atoms with Gasteiger partial charge in [-0.3, -0.25) is 9.59 Å². The number of hydrogen-bond donors (Lipinski definition) is 0. The Bertz CT molecular complexity index is 197. The van der Waals surface area contributed by atoms with Gasteiger partial charge in [-0.1, -0.05) is 0 Å². The van der Waals surface area contributed by atoms with Crippen LogP contribution in [0.4, 0.5) is 0 Å². The van der Waals surface area contributed by atoms with Crippen molar-refractivity contribution in [1.29, 1.82) is 0 Å². The number of Topliss-reactive ketones (excluding diaryl/α,β-unsaturated/α-hetero) is 1. The molecule has 0 aromatic heterocycles. The van der Waals surface area contributed by atoms with Crippen LogP contribution in [-0.2, 0) is 14.3 Å². The molecule has 0 spiro atoms. The fourth-order valence-electron chi connectivity index (χ4n) is 1.68. The maximum atomic E-state index is 10.8. The molecule has 1 aliphatic carbocycles. The molecule has 0 bridgehead atoms. The minimum Gasteiger partial charge on any atom is -0.465 e. The number of rotatable bonds is 0. The van der Waals surface area contributed by atoms with E-state index in [0.29, 0.717) is 19.4 Å². The zero-order valence-corrected chi connectivity index (χ0v) is 5.50. The summed E-state index contributed by atoms with van der Waals surface area (Å²) >= 11 is 0. The molecule has 2 aliphatic rings. The molecule has 3 heteroatoms. The molecule has 2 atom stereocenters. The summed E-state index contributed by atoms with van der Waals surface area (Å²) in [4.78, 5) is 21.6. The predicted molar refractivity (Wildman–Crippen MR) is 32.2 cm³/mol. The highest BCUT2D eigenvalue weighted by Crippen LogP contribution is 2.34. The summed E-state index contributed by atoms with van der Waals surface area (Å²) < 4.78 is 4.78. The predicted octanol–water partition coefficient (Wildman–Crippen LogP) is 0.138. The third-order valence-electron chi connectivity index (χ3n) is 2.25. The Kier molecular flexibility index (Phi) is 1.07. The van der Waals surface area contributed by atoms with Crippen molar-refractivity contribution < 1.29 is 14.3 Å². The maximum Gasteiger partial charge on any atom is 0.309 e. The third-order valence-corrected chi connectivity index (χ3v) is 2.25. The second-order valence-electron chi connectivity index (χ2n) is 2.94. The monoisotopic (exact) mass is 140 g/mol. The SMILES string of the molecule is O=C1CC2COC(=O)C2C1. The van der Waals surface area contributed by atoms with E-state index in [-0.39, 0.29) is 23.6 Å². The second-order valence-corrected chi connectivity index (χ2v) is 2.94. The lowest BCUT2D eigenvalue weighted by molar-refractivity contribution is -0.142. The van der Waals surface area contributed by atoms with Crippen molar-refractivity contribution in [3.05, 3.63) is 0 Å². The number of ketones is 1. The van der Waals surface area contributed by atoms with E-state index in [9.17, 15) is 9.59 Å². The molecule has 0 radical (unpaired) electrons. The average Bonchev–Trinajstić information content (AvgIpc) is 2.35. The number of hydrogen-bond acceptors (Lipinski definition) is 3. The van der Waals surface area contributed by atoms with Gasteiger partial charge in [-0.15, -0.1) is 0 Å². The van der Waals surface area contributed by atoms with Gasteiger partial charge in [-0.25, -0.2) is 0 Å². The summed E-state index contributed by atoms with van der Waals surface area (Å²) in [5.74, 6) is 0.162. The van der Waals surface area contributed by atoms with Crippen LogP contribution in [0.25, 0.3) is 0 Å². The molecule has 2 fully saturated rings. The lowest BCUT2D eigenvalue weighted by atomic mass is 10.0. The van der Waals surface area contributed by atoms with Gasteiger partial charge in [-0.05, 0) is 0 Å². The average molecular weight is 140 g/mol. The van der Waals surface area contributed by atoms with E-state index in [2.05, 4.69) is 0 Å². The van der Waals surface area contributed by atoms with Crippen molar-refractivity contribution in [2.45, 2.75) is 12.8 Å². The van der Waals surface area contributed by atoms with E-state index in [1.54, 1.807) is 0 Å². The van der Waals surface area contributed by atoms with E-state index in [1.807, 2.05) is 0 Å². The minimum atomic E-state index is -0.171. The molecule has 54 valence electrons. The lowest BCUT2D eigenvalue weighted by Gasteiger charge is -1.96. The molecule has 2 unspecified atom stereocenters. The molecule has 1 saturated heterocycles. The van der Waals surface area contributed by atoms with Crippen molar-refractivity contribution >= 4 is 11.8 Å². The van der Waals surface area contributed by atoms with E-state index in [0.717, 1.165) is 0 Å². The van der Waals surface area contributed by atoms with Crippen LogP contribution < -0.4 is 0 Å². The van der Waals surface area contributed by atoms with Crippen LogP contribution in [0.1, 0.15) is 12.8 Å². The fraction of sp³-hybridized carbons (Fsp3) is 0.714. The first kappa shape index (κ1) is 5.89. The van der Waals surface area contributed by atoms with Crippen LogP contribution in [-0.4, -0.2) is 18.4 Å². The Morgan fingerprint density at radius 3 is 2.80 bits per heavy atom. The summed E-state index contributed by atoms with van der Waals surface area (Å²) in [6, 6.07) is 0. The van der Waals surface area contributed by atoms with Gasteiger partial charge in [0, 0.05) is 18.8 Å². The molecule has 0 N–H and O–H groups in total. The van der Waals surface area contributed by atoms with Gasteiger partial charge in [0.25, 0.3) is 0 Å². The molecule has 0 amide bonds. The maximum absolute atomic E-state index is 10.8. The molecule has 3 nitrogen and oxygen atoms in total. The fourth-order valence-corrected chi connectivity index (χ4v) is 1.68. The van der Waals surface area contributed by atoms with Gasteiger partial charge >= 0.3 is 5.97 Å². The van der Waals surface area contributed by atoms with Crippen molar-refractivity contribution in [2.24, 2.45) is 11.8 Å². The first-order chi connectivity index (χ1) is 4.77. The number of ether oxygens (including phenoxy) is 1. The number of esters is 1. The summed E-state index contributed by atoms with van der Waals surface area (Å²) in [7, 11) is 0. The Morgan fingerprint density at radius 1 is 1.30 bits per heavy atom. The standard InChI is InChI=1S/C7H8O3/c8-5-1-4-3-10-7(9)6(4)2-5/h4,6H,1-3H2. The van der Waals surface area contributed by atoms with Gasteiger partial charge in [0.05, 0.1) is 12.5 Å². The molecule has 1 aliphatic heterocycles. The molecule has 1 saturated carbocycles. The van der Waals surface area contributed by atoms with Crippen molar-refractivity contribution in [2.75, 3.05) is 6.61 Å². The summed E-state index contributed by atoms with van der Waals surface area (Å²) in [5.41, 5.74) is 0. The van der Waals surface area contributed by atoms with Crippen molar-refractivity contribution in [3.8, 4) is 0 Å². The van der Waals surface area contributed by atoms with E-state index >= 15 is 0 Å². The zero-order valence-electron chi connectivity index (χ0n) is 5.50. The highest BCUT2D eigenvalue weighted by molar-refractivity contribution is 5.89. The molecular formula is C7H8O3. The smallest absolute Gasteiger partial charge is 0.309 e. The van der Waals surface area contributed by atoms with E-state index in [1.165, 1.54) is 0 Å². The molecule has 0 aromatic rings. The van der Waals surface area contributed by atoms with Crippen molar-refractivity contribution in [1.82, 2.24) is 0 Å². The number of carbonyl (C=O) groups is 2. The van der Waals surface area contributed by atoms with Crippen LogP contribution in [0.15, 0.2) is 0 Å². The highest BCUT2D eigenvalue weighted by Gasteiger charge is 2.43. The van der Waals surface area contributed by atoms with Gasteiger partial charge in [-0.2, -0.15) is 0 Å². The lowest BCUT2D eigenvalue weighted by Crippen LogP contribution is -2.08. The first-order valence-corrected chi connectivity index (χ1v) is 3.45. The number of fused-ring (bicyclic) bond motifs is 1. The van der Waals surface area contributed by atoms with Gasteiger partial charge in [0.2, 0.25) is 0 Å². The number of carbonyl (C=O) groups excluding carboxylic acids is 2. The Labute approximate surface area is 58.4 Å². The van der Waals surface area contributed by atoms with Crippen LogP contribution in [0.5, 0.6) is 0 Å². The summed E-state index contributed by atoms with van der Waals surface area (Å²) in [6.45, 7) is 0.468. The van der Waals surface area contributed by atoms with Crippen LogP contribution in [0.3, 0.4) is 0 Å². The van der Waals surface area contributed by atoms with Gasteiger partial charge in [0.1, 0.15) is 5.78 Å². The summed E-state index contributed by atoms with van der Waals surface area (Å²) in [6.07, 6.45) is 0.972. The zero-order chi connectivity index (χ0) is 7.14. The summed E-state index contributed by atoms with van der Waals surface area (Å²) in [5, 5.41) is 0. The van der Waals surface area contributed by atoms with E-state index in [4.69, 9.17) is 4.74 Å². The van der Waals surface area contributed by atoms with Crippen LogP contribution in [0, 0.1) is 11.8 Å². The first-order valence-electron chi connectivity index (χ1n) is 3.45. The molecule has 1 heterocycles. The molecular weight excluding hydrogens is 132 g/mol. The highest BCUT2D eigenvalue weighted by atomic mass is 16.5. The Hall–Kier alpha value is -0.860.